The van der Waals surface area contributed by atoms with Gasteiger partial charge in [0, 0.05) is 11.3 Å². The van der Waals surface area contributed by atoms with E-state index in [-0.39, 0.29) is 6.79 Å². The highest BCUT2D eigenvalue weighted by atomic mass is 16.7. The van der Waals surface area contributed by atoms with Gasteiger partial charge < -0.3 is 14.6 Å². The first kappa shape index (κ1) is 13.2. The smallest absolute Gasteiger partial charge is 0.231 e. The molecule has 1 aliphatic rings. The van der Waals surface area contributed by atoms with Gasteiger partial charge in [0.25, 0.3) is 0 Å². The van der Waals surface area contributed by atoms with Crippen molar-refractivity contribution in [2.45, 2.75) is 20.0 Å². The molecule has 0 fully saturated rings. The van der Waals surface area contributed by atoms with Gasteiger partial charge in [-0.25, -0.2) is 4.98 Å². The Labute approximate surface area is 127 Å². The lowest BCUT2D eigenvalue weighted by molar-refractivity contribution is 0.174. The molecular formula is C17H16N2O3. The van der Waals surface area contributed by atoms with Crippen LogP contribution < -0.4 is 9.47 Å². The molecule has 0 radical (unpaired) electrons. The lowest BCUT2D eigenvalue weighted by atomic mass is 10.1. The number of fused-ring (bicyclic) bond motifs is 2. The Morgan fingerprint density at radius 2 is 2.00 bits per heavy atom. The minimum absolute atomic E-state index is 0.242. The summed E-state index contributed by atoms with van der Waals surface area (Å²) in [7, 11) is 0. The maximum absolute atomic E-state index is 10.3. The molecule has 112 valence electrons. The number of aryl methyl sites for hydroxylation is 1. The normalized spacial score (nSPS) is 14.5. The summed E-state index contributed by atoms with van der Waals surface area (Å²) in [6, 6.07) is 11.6. The molecular weight excluding hydrogens is 280 g/mol. The number of aliphatic hydroxyl groups excluding tert-OH is 1. The third kappa shape index (κ3) is 1.86. The number of benzene rings is 1. The van der Waals surface area contributed by atoms with Crippen molar-refractivity contribution in [1.82, 2.24) is 9.38 Å². The van der Waals surface area contributed by atoms with Crippen molar-refractivity contribution in [3.63, 3.8) is 0 Å². The van der Waals surface area contributed by atoms with E-state index in [0.717, 1.165) is 34.0 Å². The lowest BCUT2D eigenvalue weighted by Gasteiger charge is -2.10. The molecule has 2 aromatic heterocycles. The summed E-state index contributed by atoms with van der Waals surface area (Å²) in [5, 5.41) is 10.3. The Morgan fingerprint density at radius 3 is 2.82 bits per heavy atom. The molecule has 3 heterocycles. The minimum Gasteiger partial charge on any atom is -0.454 e. The van der Waals surface area contributed by atoms with Crippen LogP contribution in [0.2, 0.25) is 0 Å². The van der Waals surface area contributed by atoms with Crippen molar-refractivity contribution in [3.05, 3.63) is 47.8 Å². The van der Waals surface area contributed by atoms with Crippen LogP contribution in [0.1, 0.15) is 24.4 Å². The molecule has 1 atom stereocenters. The van der Waals surface area contributed by atoms with Crippen LogP contribution in [0.4, 0.5) is 0 Å². The Bertz CT molecular complexity index is 868. The average molecular weight is 296 g/mol. The monoisotopic (exact) mass is 296 g/mol. The van der Waals surface area contributed by atoms with Crippen LogP contribution in [0.5, 0.6) is 11.5 Å². The van der Waals surface area contributed by atoms with Gasteiger partial charge in [0.2, 0.25) is 6.79 Å². The van der Waals surface area contributed by atoms with Gasteiger partial charge in [0.05, 0.1) is 17.5 Å². The minimum atomic E-state index is -0.628. The van der Waals surface area contributed by atoms with Gasteiger partial charge >= 0.3 is 0 Å². The summed E-state index contributed by atoms with van der Waals surface area (Å²) >= 11 is 0. The molecule has 1 aromatic carbocycles. The molecule has 0 bridgehead atoms. The number of hydrogen-bond acceptors (Lipinski definition) is 4. The average Bonchev–Trinajstić information content (AvgIpc) is 3.10. The van der Waals surface area contributed by atoms with Crippen LogP contribution in [0.3, 0.4) is 0 Å². The molecule has 1 unspecified atom stereocenters. The van der Waals surface area contributed by atoms with Gasteiger partial charge in [0.15, 0.2) is 11.5 Å². The number of imidazole rings is 1. The second-order valence-corrected chi connectivity index (χ2v) is 5.45. The number of hydrogen-bond donors (Lipinski definition) is 1. The van der Waals surface area contributed by atoms with Crippen molar-refractivity contribution >= 4 is 5.65 Å². The molecule has 1 aliphatic heterocycles. The van der Waals surface area contributed by atoms with E-state index in [1.54, 1.807) is 6.92 Å². The number of rotatable bonds is 2. The molecule has 0 spiro atoms. The predicted octanol–water partition coefficient (Wildman–Crippen LogP) is 3.09. The van der Waals surface area contributed by atoms with Gasteiger partial charge in [-0.3, -0.25) is 4.40 Å². The number of pyridine rings is 1. The zero-order valence-corrected chi connectivity index (χ0v) is 12.4. The van der Waals surface area contributed by atoms with E-state index < -0.39 is 6.10 Å². The highest BCUT2D eigenvalue weighted by Gasteiger charge is 2.21. The van der Waals surface area contributed by atoms with Gasteiger partial charge in [0.1, 0.15) is 5.65 Å². The zero-order chi connectivity index (χ0) is 15.3. The molecule has 5 heteroatoms. The summed E-state index contributed by atoms with van der Waals surface area (Å²) in [5.41, 5.74) is 4.31. The molecule has 1 N–H and O–H groups in total. The first-order valence-corrected chi connectivity index (χ1v) is 7.21. The standard InChI is InChI=1S/C17H16N2O3/c1-10-4-3-5-15-18-16(17(11(2)20)19(10)15)12-6-7-13-14(8-12)22-9-21-13/h3-8,11,20H,9H2,1-2H3. The Kier molecular flexibility index (Phi) is 2.84. The maximum atomic E-state index is 10.3. The van der Waals surface area contributed by atoms with Gasteiger partial charge in [-0.2, -0.15) is 0 Å². The van der Waals surface area contributed by atoms with Crippen molar-refractivity contribution in [2.75, 3.05) is 6.79 Å². The van der Waals surface area contributed by atoms with Crippen molar-refractivity contribution in [1.29, 1.82) is 0 Å². The topological polar surface area (TPSA) is 56.0 Å². The van der Waals surface area contributed by atoms with Crippen molar-refractivity contribution in [2.24, 2.45) is 0 Å². The Balaban J connectivity index is 1.98. The van der Waals surface area contributed by atoms with Gasteiger partial charge in [-0.15, -0.1) is 0 Å². The van der Waals surface area contributed by atoms with Crippen molar-refractivity contribution in [3.8, 4) is 22.8 Å². The fraction of sp³-hybridized carbons (Fsp3) is 0.235. The number of aromatic nitrogens is 2. The number of ether oxygens (including phenoxy) is 2. The van der Waals surface area contributed by atoms with Crippen LogP contribution in [-0.4, -0.2) is 21.3 Å². The quantitative estimate of drug-likeness (QED) is 0.789. The highest BCUT2D eigenvalue weighted by Crippen LogP contribution is 2.38. The largest absolute Gasteiger partial charge is 0.454 e. The zero-order valence-electron chi connectivity index (χ0n) is 12.4. The Morgan fingerprint density at radius 1 is 1.18 bits per heavy atom. The fourth-order valence-corrected chi connectivity index (χ4v) is 2.92. The fourth-order valence-electron chi connectivity index (χ4n) is 2.92. The molecule has 0 saturated carbocycles. The molecule has 0 amide bonds. The van der Waals surface area contributed by atoms with Crippen LogP contribution in [0.15, 0.2) is 36.4 Å². The van der Waals surface area contributed by atoms with E-state index in [4.69, 9.17) is 14.5 Å². The van der Waals surface area contributed by atoms with E-state index in [9.17, 15) is 5.11 Å². The maximum Gasteiger partial charge on any atom is 0.231 e. The van der Waals surface area contributed by atoms with Crippen LogP contribution in [-0.2, 0) is 0 Å². The van der Waals surface area contributed by atoms with Gasteiger partial charge in [-0.1, -0.05) is 6.07 Å². The third-order valence-corrected chi connectivity index (χ3v) is 3.92. The van der Waals surface area contributed by atoms with Crippen molar-refractivity contribution < 1.29 is 14.6 Å². The number of nitrogens with zero attached hydrogens (tertiary/aromatic N) is 2. The third-order valence-electron chi connectivity index (χ3n) is 3.92. The molecule has 3 aromatic rings. The van der Waals surface area contributed by atoms with Gasteiger partial charge in [-0.05, 0) is 44.2 Å². The Hall–Kier alpha value is -2.53. The first-order chi connectivity index (χ1) is 10.6. The molecule has 5 nitrogen and oxygen atoms in total. The summed E-state index contributed by atoms with van der Waals surface area (Å²) in [4.78, 5) is 4.70. The summed E-state index contributed by atoms with van der Waals surface area (Å²) in [6.07, 6.45) is -0.628. The molecule has 22 heavy (non-hydrogen) atoms. The lowest BCUT2D eigenvalue weighted by Crippen LogP contribution is -2.02. The molecule has 4 rings (SSSR count). The predicted molar refractivity (Wildman–Crippen MR) is 82.1 cm³/mol. The van der Waals surface area contributed by atoms with E-state index >= 15 is 0 Å². The highest BCUT2D eigenvalue weighted by molar-refractivity contribution is 5.70. The van der Waals surface area contributed by atoms with Crippen LogP contribution in [0, 0.1) is 6.92 Å². The second-order valence-electron chi connectivity index (χ2n) is 5.45. The van der Waals surface area contributed by atoms with E-state index in [0.29, 0.717) is 5.75 Å². The van der Waals surface area contributed by atoms with E-state index in [1.165, 1.54) is 0 Å². The van der Waals surface area contributed by atoms with Crippen LogP contribution in [0.25, 0.3) is 16.9 Å². The summed E-state index contributed by atoms with van der Waals surface area (Å²) in [6.45, 7) is 4.00. The van der Waals surface area contributed by atoms with E-state index in [2.05, 4.69) is 0 Å². The first-order valence-electron chi connectivity index (χ1n) is 7.21. The molecule has 0 aliphatic carbocycles. The SMILES string of the molecule is Cc1cccc2nc(-c3ccc4c(c3)OCO4)c(C(C)O)n12. The summed E-state index contributed by atoms with van der Waals surface area (Å²) < 4.78 is 12.8. The summed E-state index contributed by atoms with van der Waals surface area (Å²) in [5.74, 6) is 1.45. The van der Waals surface area contributed by atoms with E-state index in [1.807, 2.05) is 47.7 Å². The second kappa shape index (κ2) is 4.74. The number of aliphatic hydroxyl groups is 1. The van der Waals surface area contributed by atoms with Crippen LogP contribution >= 0.6 is 0 Å². The molecule has 0 saturated heterocycles.